The summed E-state index contributed by atoms with van der Waals surface area (Å²) in [7, 11) is 2.02. The lowest BCUT2D eigenvalue weighted by atomic mass is 10.0. The molecule has 110 valence electrons. The molecule has 0 radical (unpaired) electrons. The molecule has 1 aromatic rings. The van der Waals surface area contributed by atoms with Crippen LogP contribution in [-0.4, -0.2) is 42.3 Å². The van der Waals surface area contributed by atoms with Crippen molar-refractivity contribution in [2.75, 3.05) is 25.0 Å². The van der Waals surface area contributed by atoms with Crippen LogP contribution in [0.1, 0.15) is 36.7 Å². The maximum absolute atomic E-state index is 11.6. The van der Waals surface area contributed by atoms with Crippen molar-refractivity contribution in [3.8, 4) is 0 Å². The standard InChI is InChI=1S/C14H23N5O/c1-3-16-14(20)11-7-8-13(18-17-11)19(2)12-6-4-5-10(12)9-15/h7-8,10,12H,3-6,9,15H2,1-2H3,(H,16,20). The lowest BCUT2D eigenvalue weighted by Crippen LogP contribution is -2.38. The van der Waals surface area contributed by atoms with Crippen LogP contribution in [0.2, 0.25) is 0 Å². The fourth-order valence-corrected chi connectivity index (χ4v) is 2.86. The van der Waals surface area contributed by atoms with Gasteiger partial charge in [-0.15, -0.1) is 10.2 Å². The molecule has 0 bridgehead atoms. The normalized spacial score (nSPS) is 21.8. The number of nitrogens with two attached hydrogens (primary N) is 1. The molecule has 1 saturated carbocycles. The Morgan fingerprint density at radius 1 is 1.45 bits per heavy atom. The van der Waals surface area contributed by atoms with E-state index in [0.717, 1.165) is 12.2 Å². The van der Waals surface area contributed by atoms with E-state index >= 15 is 0 Å². The average Bonchev–Trinajstić information content (AvgIpc) is 2.95. The zero-order valence-electron chi connectivity index (χ0n) is 12.2. The molecule has 6 nitrogen and oxygen atoms in total. The first kappa shape index (κ1) is 14.7. The van der Waals surface area contributed by atoms with E-state index < -0.39 is 0 Å². The summed E-state index contributed by atoms with van der Waals surface area (Å²) in [5, 5.41) is 10.9. The highest BCUT2D eigenvalue weighted by atomic mass is 16.1. The van der Waals surface area contributed by atoms with Crippen molar-refractivity contribution in [3.05, 3.63) is 17.8 Å². The minimum atomic E-state index is -0.185. The number of carbonyl (C=O) groups excluding carboxylic acids is 1. The molecule has 2 unspecified atom stereocenters. The quantitative estimate of drug-likeness (QED) is 0.831. The van der Waals surface area contributed by atoms with Gasteiger partial charge >= 0.3 is 0 Å². The van der Waals surface area contributed by atoms with E-state index in [1.54, 1.807) is 6.07 Å². The topological polar surface area (TPSA) is 84.1 Å². The Balaban J connectivity index is 2.07. The van der Waals surface area contributed by atoms with Gasteiger partial charge in [-0.05, 0) is 44.4 Å². The second kappa shape index (κ2) is 6.65. The maximum Gasteiger partial charge on any atom is 0.271 e. The number of carbonyl (C=O) groups is 1. The minimum Gasteiger partial charge on any atom is -0.355 e. The first-order chi connectivity index (χ1) is 9.67. The van der Waals surface area contributed by atoms with Gasteiger partial charge in [0.05, 0.1) is 0 Å². The molecular weight excluding hydrogens is 254 g/mol. The highest BCUT2D eigenvalue weighted by molar-refractivity contribution is 5.92. The van der Waals surface area contributed by atoms with Crippen molar-refractivity contribution in [2.24, 2.45) is 11.7 Å². The van der Waals surface area contributed by atoms with Gasteiger partial charge in [-0.3, -0.25) is 4.79 Å². The SMILES string of the molecule is CCNC(=O)c1ccc(N(C)C2CCCC2CN)nn1. The zero-order chi connectivity index (χ0) is 14.5. The molecule has 1 fully saturated rings. The molecule has 0 saturated heterocycles. The van der Waals surface area contributed by atoms with Crippen molar-refractivity contribution in [1.29, 1.82) is 0 Å². The van der Waals surface area contributed by atoms with Crippen LogP contribution in [0, 0.1) is 5.92 Å². The summed E-state index contributed by atoms with van der Waals surface area (Å²) >= 11 is 0. The predicted molar refractivity (Wildman–Crippen MR) is 78.6 cm³/mol. The second-order valence-corrected chi connectivity index (χ2v) is 5.24. The van der Waals surface area contributed by atoms with Crippen LogP contribution in [-0.2, 0) is 0 Å². The predicted octanol–water partition coefficient (Wildman–Crippen LogP) is 0.790. The van der Waals surface area contributed by atoms with Crippen molar-refractivity contribution < 1.29 is 4.79 Å². The molecule has 1 amide bonds. The summed E-state index contributed by atoms with van der Waals surface area (Å²) in [5.74, 6) is 1.13. The Bertz CT molecular complexity index is 447. The van der Waals surface area contributed by atoms with Crippen LogP contribution in [0.4, 0.5) is 5.82 Å². The van der Waals surface area contributed by atoms with E-state index in [9.17, 15) is 4.79 Å². The Morgan fingerprint density at radius 3 is 2.85 bits per heavy atom. The summed E-state index contributed by atoms with van der Waals surface area (Å²) < 4.78 is 0. The molecule has 0 spiro atoms. The lowest BCUT2D eigenvalue weighted by Gasteiger charge is -2.29. The van der Waals surface area contributed by atoms with Gasteiger partial charge in [-0.25, -0.2) is 0 Å². The number of aromatic nitrogens is 2. The van der Waals surface area contributed by atoms with Crippen LogP contribution in [0.25, 0.3) is 0 Å². The first-order valence-electron chi connectivity index (χ1n) is 7.22. The molecule has 2 atom stereocenters. The van der Waals surface area contributed by atoms with E-state index in [-0.39, 0.29) is 5.91 Å². The van der Waals surface area contributed by atoms with Crippen LogP contribution in [0.15, 0.2) is 12.1 Å². The summed E-state index contributed by atoms with van der Waals surface area (Å²) in [6.45, 7) is 3.17. The van der Waals surface area contributed by atoms with Gasteiger partial charge in [0.1, 0.15) is 0 Å². The number of hydrogen-bond acceptors (Lipinski definition) is 5. The molecule has 0 aromatic carbocycles. The van der Waals surface area contributed by atoms with E-state index in [0.29, 0.717) is 30.7 Å². The number of nitrogens with zero attached hydrogens (tertiary/aromatic N) is 3. The van der Waals surface area contributed by atoms with Gasteiger partial charge in [0, 0.05) is 19.6 Å². The first-order valence-corrected chi connectivity index (χ1v) is 7.22. The van der Waals surface area contributed by atoms with E-state index in [2.05, 4.69) is 20.4 Å². The molecule has 0 aliphatic heterocycles. The third-order valence-corrected chi connectivity index (χ3v) is 4.00. The van der Waals surface area contributed by atoms with Gasteiger partial charge in [-0.1, -0.05) is 6.42 Å². The Morgan fingerprint density at radius 2 is 2.25 bits per heavy atom. The highest BCUT2D eigenvalue weighted by Crippen LogP contribution is 2.30. The van der Waals surface area contributed by atoms with Crippen molar-refractivity contribution >= 4 is 11.7 Å². The summed E-state index contributed by atoms with van der Waals surface area (Å²) in [6, 6.07) is 3.99. The average molecular weight is 277 g/mol. The van der Waals surface area contributed by atoms with Crippen molar-refractivity contribution in [2.45, 2.75) is 32.2 Å². The fourth-order valence-electron chi connectivity index (χ4n) is 2.86. The zero-order valence-corrected chi connectivity index (χ0v) is 12.2. The molecule has 1 heterocycles. The number of anilines is 1. The molecular formula is C14H23N5O. The van der Waals surface area contributed by atoms with Crippen LogP contribution in [0.3, 0.4) is 0 Å². The van der Waals surface area contributed by atoms with Gasteiger partial charge in [0.15, 0.2) is 11.5 Å². The Hall–Kier alpha value is -1.69. The Kier molecular flexibility index (Phi) is 4.89. The van der Waals surface area contributed by atoms with E-state index in [4.69, 9.17) is 5.73 Å². The summed E-state index contributed by atoms with van der Waals surface area (Å²) in [5.41, 5.74) is 6.17. The van der Waals surface area contributed by atoms with Crippen LogP contribution in [0.5, 0.6) is 0 Å². The van der Waals surface area contributed by atoms with Gasteiger partial charge in [0.25, 0.3) is 5.91 Å². The van der Waals surface area contributed by atoms with Crippen molar-refractivity contribution in [3.63, 3.8) is 0 Å². The second-order valence-electron chi connectivity index (χ2n) is 5.24. The molecule has 3 N–H and O–H groups in total. The van der Waals surface area contributed by atoms with Crippen LogP contribution >= 0.6 is 0 Å². The monoisotopic (exact) mass is 277 g/mol. The third-order valence-electron chi connectivity index (χ3n) is 4.00. The largest absolute Gasteiger partial charge is 0.355 e. The van der Waals surface area contributed by atoms with Crippen molar-refractivity contribution in [1.82, 2.24) is 15.5 Å². The maximum atomic E-state index is 11.6. The summed E-state index contributed by atoms with van der Waals surface area (Å²) in [4.78, 5) is 13.8. The number of nitrogens with one attached hydrogen (secondary N) is 1. The van der Waals surface area contributed by atoms with Crippen LogP contribution < -0.4 is 16.0 Å². The van der Waals surface area contributed by atoms with Gasteiger partial charge in [-0.2, -0.15) is 0 Å². The molecule has 1 aliphatic carbocycles. The smallest absolute Gasteiger partial charge is 0.271 e. The molecule has 6 heteroatoms. The van der Waals surface area contributed by atoms with Gasteiger partial charge < -0.3 is 16.0 Å². The molecule has 2 rings (SSSR count). The highest BCUT2D eigenvalue weighted by Gasteiger charge is 2.30. The lowest BCUT2D eigenvalue weighted by molar-refractivity contribution is 0.0950. The number of rotatable bonds is 5. The number of amides is 1. The Labute approximate surface area is 119 Å². The molecule has 1 aromatic heterocycles. The van der Waals surface area contributed by atoms with E-state index in [1.807, 2.05) is 20.0 Å². The van der Waals surface area contributed by atoms with Gasteiger partial charge in [0.2, 0.25) is 0 Å². The third kappa shape index (κ3) is 3.07. The molecule has 20 heavy (non-hydrogen) atoms. The molecule has 1 aliphatic rings. The minimum absolute atomic E-state index is 0.185. The van der Waals surface area contributed by atoms with E-state index in [1.165, 1.54) is 12.8 Å². The summed E-state index contributed by atoms with van der Waals surface area (Å²) in [6.07, 6.45) is 3.52. The fraction of sp³-hybridized carbons (Fsp3) is 0.643. The number of hydrogen-bond donors (Lipinski definition) is 2.